The number of nitrogens with zero attached hydrogens (tertiary/aromatic N) is 1. The van der Waals surface area contributed by atoms with E-state index in [2.05, 4.69) is 43.8 Å². The normalized spacial score (nSPS) is 10.7. The summed E-state index contributed by atoms with van der Waals surface area (Å²) in [5, 5.41) is 11.1. The molecular formula is C13H12Br2N2O2. The molecule has 2 rings (SSSR count). The van der Waals surface area contributed by atoms with Crippen LogP contribution in [-0.2, 0) is 6.42 Å². The lowest BCUT2D eigenvalue weighted by atomic mass is 10.0. The van der Waals surface area contributed by atoms with Crippen LogP contribution in [0.4, 0.5) is 5.69 Å². The monoisotopic (exact) mass is 386 g/mol. The molecular weight excluding hydrogens is 376 g/mol. The smallest absolute Gasteiger partial charge is 0.309 e. The van der Waals surface area contributed by atoms with Crippen molar-refractivity contribution >= 4 is 37.5 Å². The first kappa shape index (κ1) is 14.3. The molecule has 0 radical (unpaired) electrons. The van der Waals surface area contributed by atoms with E-state index in [0.717, 1.165) is 22.9 Å². The fourth-order valence-electron chi connectivity index (χ4n) is 1.98. The van der Waals surface area contributed by atoms with E-state index >= 15 is 0 Å². The van der Waals surface area contributed by atoms with Crippen molar-refractivity contribution in [1.29, 1.82) is 0 Å². The van der Waals surface area contributed by atoms with Gasteiger partial charge in [0.25, 0.3) is 0 Å². The van der Waals surface area contributed by atoms with Crippen LogP contribution < -0.4 is 0 Å². The minimum absolute atomic E-state index is 0.0649. The van der Waals surface area contributed by atoms with Crippen molar-refractivity contribution in [2.24, 2.45) is 0 Å². The lowest BCUT2D eigenvalue weighted by Crippen LogP contribution is -1.91. The van der Waals surface area contributed by atoms with Gasteiger partial charge in [-0.15, -0.1) is 0 Å². The van der Waals surface area contributed by atoms with Crippen LogP contribution in [0, 0.1) is 10.1 Å². The van der Waals surface area contributed by atoms with Crippen LogP contribution in [0.2, 0.25) is 0 Å². The second-order valence-electron chi connectivity index (χ2n) is 4.18. The molecule has 0 saturated carbocycles. The Morgan fingerprint density at radius 1 is 1.37 bits per heavy atom. The Morgan fingerprint density at radius 3 is 2.68 bits per heavy atom. The molecule has 0 bridgehead atoms. The van der Waals surface area contributed by atoms with Crippen LogP contribution in [0.15, 0.2) is 33.5 Å². The van der Waals surface area contributed by atoms with E-state index in [1.807, 2.05) is 18.2 Å². The molecule has 2 aromatic rings. The van der Waals surface area contributed by atoms with Crippen molar-refractivity contribution in [3.63, 3.8) is 0 Å². The Labute approximate surface area is 127 Å². The van der Waals surface area contributed by atoms with Crippen LogP contribution in [-0.4, -0.2) is 9.91 Å². The fourth-order valence-corrected chi connectivity index (χ4v) is 3.03. The van der Waals surface area contributed by atoms with Crippen molar-refractivity contribution in [2.75, 3.05) is 0 Å². The predicted molar refractivity (Wildman–Crippen MR) is 82.3 cm³/mol. The van der Waals surface area contributed by atoms with E-state index < -0.39 is 0 Å². The van der Waals surface area contributed by atoms with Gasteiger partial charge in [-0.1, -0.05) is 41.4 Å². The highest BCUT2D eigenvalue weighted by Gasteiger charge is 2.22. The standard InChI is InChI=1S/C13H12Br2N2O2/c1-2-3-8-4-5-9(6-11(8)14)10-7-16-13(15)12(10)17(18)19/h4-7,16H,2-3H2,1H3. The first-order valence-corrected chi connectivity index (χ1v) is 7.43. The third kappa shape index (κ3) is 2.90. The predicted octanol–water partition coefficient (Wildman–Crippen LogP) is 5.07. The minimum atomic E-state index is -0.385. The number of aromatic amines is 1. The summed E-state index contributed by atoms with van der Waals surface area (Å²) in [4.78, 5) is 13.5. The van der Waals surface area contributed by atoms with Crippen LogP contribution in [0.3, 0.4) is 0 Å². The summed E-state index contributed by atoms with van der Waals surface area (Å²) in [6, 6.07) is 5.85. The number of halogens is 2. The topological polar surface area (TPSA) is 58.9 Å². The van der Waals surface area contributed by atoms with E-state index in [9.17, 15) is 10.1 Å². The minimum Gasteiger partial charge on any atom is -0.350 e. The third-order valence-corrected chi connectivity index (χ3v) is 4.21. The first-order valence-electron chi connectivity index (χ1n) is 5.84. The second-order valence-corrected chi connectivity index (χ2v) is 5.83. The van der Waals surface area contributed by atoms with Crippen molar-refractivity contribution in [3.8, 4) is 11.1 Å². The highest BCUT2D eigenvalue weighted by Crippen LogP contribution is 2.37. The van der Waals surface area contributed by atoms with Crippen LogP contribution >= 0.6 is 31.9 Å². The van der Waals surface area contributed by atoms with Crippen molar-refractivity contribution < 1.29 is 4.92 Å². The van der Waals surface area contributed by atoms with Crippen molar-refractivity contribution in [2.45, 2.75) is 19.8 Å². The Hall–Kier alpha value is -1.14. The van der Waals surface area contributed by atoms with E-state index in [4.69, 9.17) is 0 Å². The molecule has 0 aliphatic carbocycles. The molecule has 0 unspecified atom stereocenters. The molecule has 1 aromatic carbocycles. The number of benzene rings is 1. The third-order valence-electron chi connectivity index (χ3n) is 2.87. The highest BCUT2D eigenvalue weighted by atomic mass is 79.9. The summed E-state index contributed by atoms with van der Waals surface area (Å²) in [5.41, 5.74) is 2.68. The number of aromatic nitrogens is 1. The first-order chi connectivity index (χ1) is 9.04. The largest absolute Gasteiger partial charge is 0.350 e. The summed E-state index contributed by atoms with van der Waals surface area (Å²) >= 11 is 6.69. The molecule has 6 heteroatoms. The van der Waals surface area contributed by atoms with Gasteiger partial charge in [-0.05, 0) is 39.5 Å². The van der Waals surface area contributed by atoms with Gasteiger partial charge in [0.1, 0.15) is 0 Å². The van der Waals surface area contributed by atoms with Gasteiger partial charge in [-0.2, -0.15) is 0 Å². The molecule has 0 amide bonds. The Morgan fingerprint density at radius 2 is 2.11 bits per heavy atom. The zero-order valence-corrected chi connectivity index (χ0v) is 13.4. The van der Waals surface area contributed by atoms with Crippen molar-refractivity contribution in [1.82, 2.24) is 4.98 Å². The zero-order valence-electron chi connectivity index (χ0n) is 10.2. The number of aryl methyl sites for hydroxylation is 1. The maximum Gasteiger partial charge on any atom is 0.309 e. The second kappa shape index (κ2) is 5.88. The van der Waals surface area contributed by atoms with Gasteiger partial charge in [-0.3, -0.25) is 10.1 Å². The van der Waals surface area contributed by atoms with Gasteiger partial charge in [0.05, 0.1) is 10.5 Å². The molecule has 0 atom stereocenters. The average Bonchev–Trinajstić information content (AvgIpc) is 2.74. The SMILES string of the molecule is CCCc1ccc(-c2c[nH]c(Br)c2[N+](=O)[O-])cc1Br. The molecule has 0 fully saturated rings. The fraction of sp³-hybridized carbons (Fsp3) is 0.231. The summed E-state index contributed by atoms with van der Waals surface area (Å²) in [7, 11) is 0. The van der Waals surface area contributed by atoms with Gasteiger partial charge in [0, 0.05) is 10.7 Å². The van der Waals surface area contributed by atoms with Crippen LogP contribution in [0.25, 0.3) is 11.1 Å². The van der Waals surface area contributed by atoms with Gasteiger partial charge in [0.15, 0.2) is 4.60 Å². The summed E-state index contributed by atoms with van der Waals surface area (Å²) in [6.45, 7) is 2.12. The number of rotatable bonds is 4. The Bertz CT molecular complexity index is 623. The number of nitro groups is 1. The number of hydrogen-bond acceptors (Lipinski definition) is 2. The van der Waals surface area contributed by atoms with Crippen LogP contribution in [0.1, 0.15) is 18.9 Å². The van der Waals surface area contributed by atoms with Crippen molar-refractivity contribution in [3.05, 3.63) is 49.1 Å². The Kier molecular flexibility index (Phi) is 4.42. The summed E-state index contributed by atoms with van der Waals surface area (Å²) < 4.78 is 1.37. The maximum atomic E-state index is 11.1. The highest BCUT2D eigenvalue weighted by molar-refractivity contribution is 9.10. The van der Waals surface area contributed by atoms with Gasteiger partial charge in [-0.25, -0.2) is 0 Å². The summed E-state index contributed by atoms with van der Waals surface area (Å²) in [6.07, 6.45) is 3.69. The zero-order chi connectivity index (χ0) is 14.0. The molecule has 0 aliphatic rings. The molecule has 0 spiro atoms. The lowest BCUT2D eigenvalue weighted by molar-refractivity contribution is -0.384. The lowest BCUT2D eigenvalue weighted by Gasteiger charge is -2.05. The van der Waals surface area contributed by atoms with E-state index in [-0.39, 0.29) is 10.6 Å². The number of H-pyrrole nitrogens is 1. The molecule has 4 nitrogen and oxygen atoms in total. The maximum absolute atomic E-state index is 11.1. The molecule has 0 saturated heterocycles. The van der Waals surface area contributed by atoms with Gasteiger partial charge < -0.3 is 4.98 Å². The molecule has 1 heterocycles. The summed E-state index contributed by atoms with van der Waals surface area (Å²) in [5.74, 6) is 0. The van der Waals surface area contributed by atoms with Crippen LogP contribution in [0.5, 0.6) is 0 Å². The number of nitrogens with one attached hydrogen (secondary N) is 1. The quantitative estimate of drug-likeness (QED) is 0.588. The van der Waals surface area contributed by atoms with E-state index in [1.54, 1.807) is 6.20 Å². The molecule has 19 heavy (non-hydrogen) atoms. The molecule has 1 aromatic heterocycles. The molecule has 100 valence electrons. The Balaban J connectivity index is 2.48. The van der Waals surface area contributed by atoms with E-state index in [1.165, 1.54) is 5.56 Å². The van der Waals surface area contributed by atoms with Gasteiger partial charge >= 0.3 is 5.69 Å². The molecule has 1 N–H and O–H groups in total. The number of hydrogen-bond donors (Lipinski definition) is 1. The van der Waals surface area contributed by atoms with E-state index in [0.29, 0.717) is 10.2 Å². The average molecular weight is 388 g/mol. The molecule has 0 aliphatic heterocycles. The van der Waals surface area contributed by atoms with Gasteiger partial charge in [0.2, 0.25) is 0 Å².